The van der Waals surface area contributed by atoms with Gasteiger partial charge in [0.15, 0.2) is 0 Å². The van der Waals surface area contributed by atoms with Crippen LogP contribution in [0, 0.1) is 0 Å². The maximum Gasteiger partial charge on any atom is 0.325 e. The topological polar surface area (TPSA) is 92.3 Å². The Morgan fingerprint density at radius 3 is 2.82 bits per heavy atom. The van der Waals surface area contributed by atoms with E-state index in [1.54, 1.807) is 0 Å². The zero-order chi connectivity index (χ0) is 12.8. The number of aldehydes is 1. The number of carbonyl (C=O) groups is 2. The SMILES string of the molecule is CS(=O)c1nnc(NC(=O)N(CCl)CC=O)s1. The fourth-order valence-electron chi connectivity index (χ4n) is 0.823. The molecule has 7 nitrogen and oxygen atoms in total. The van der Waals surface area contributed by atoms with E-state index in [9.17, 15) is 13.8 Å². The Hall–Kier alpha value is -1.06. The normalized spacial score (nSPS) is 11.9. The molecule has 94 valence electrons. The minimum Gasteiger partial charge on any atom is -0.304 e. The molecule has 1 N–H and O–H groups in total. The third-order valence-corrected chi connectivity index (χ3v) is 4.04. The van der Waals surface area contributed by atoms with Crippen molar-refractivity contribution in [2.75, 3.05) is 24.1 Å². The number of hydrogen-bond donors (Lipinski definition) is 1. The number of amides is 2. The molecule has 0 bridgehead atoms. The van der Waals surface area contributed by atoms with Crippen LogP contribution in [0.15, 0.2) is 4.34 Å². The second kappa shape index (κ2) is 6.62. The van der Waals surface area contributed by atoms with Gasteiger partial charge in [0.05, 0.1) is 23.3 Å². The van der Waals surface area contributed by atoms with E-state index in [0.29, 0.717) is 10.6 Å². The van der Waals surface area contributed by atoms with E-state index >= 15 is 0 Å². The first-order chi connectivity index (χ1) is 8.08. The van der Waals surface area contributed by atoms with E-state index in [1.807, 2.05) is 0 Å². The van der Waals surface area contributed by atoms with Crippen LogP contribution in [0.5, 0.6) is 0 Å². The molecule has 1 aromatic heterocycles. The van der Waals surface area contributed by atoms with Gasteiger partial charge in [-0.05, 0) is 0 Å². The van der Waals surface area contributed by atoms with Gasteiger partial charge in [0.1, 0.15) is 6.29 Å². The highest BCUT2D eigenvalue weighted by Crippen LogP contribution is 2.17. The maximum absolute atomic E-state index is 11.5. The summed E-state index contributed by atoms with van der Waals surface area (Å²) < 4.78 is 11.4. The van der Waals surface area contributed by atoms with Gasteiger partial charge in [-0.1, -0.05) is 11.3 Å². The number of anilines is 1. The van der Waals surface area contributed by atoms with Crippen LogP contribution in [0.2, 0.25) is 0 Å². The van der Waals surface area contributed by atoms with Crippen LogP contribution in [-0.4, -0.2) is 50.4 Å². The van der Waals surface area contributed by atoms with Gasteiger partial charge in [0.25, 0.3) is 0 Å². The molecule has 2 amide bonds. The summed E-state index contributed by atoms with van der Waals surface area (Å²) in [4.78, 5) is 22.9. The third-order valence-electron chi connectivity index (χ3n) is 1.59. The Balaban J connectivity index is 2.66. The summed E-state index contributed by atoms with van der Waals surface area (Å²) in [5.41, 5.74) is 0. The van der Waals surface area contributed by atoms with E-state index in [-0.39, 0.29) is 17.7 Å². The lowest BCUT2D eigenvalue weighted by molar-refractivity contribution is -0.108. The van der Waals surface area contributed by atoms with Crippen molar-refractivity contribution in [3.8, 4) is 0 Å². The quantitative estimate of drug-likeness (QED) is 0.370. The molecule has 0 aliphatic carbocycles. The Labute approximate surface area is 109 Å². The van der Waals surface area contributed by atoms with Crippen molar-refractivity contribution in [1.29, 1.82) is 0 Å². The predicted octanol–water partition coefficient (Wildman–Crippen LogP) is 0.505. The first-order valence-corrected chi connectivity index (χ1v) is 7.21. The summed E-state index contributed by atoms with van der Waals surface area (Å²) >= 11 is 6.49. The molecular weight excluding hydrogens is 288 g/mol. The highest BCUT2D eigenvalue weighted by molar-refractivity contribution is 7.86. The molecule has 0 saturated heterocycles. The van der Waals surface area contributed by atoms with Crippen molar-refractivity contribution >= 4 is 51.2 Å². The molecule has 1 aromatic rings. The van der Waals surface area contributed by atoms with Crippen LogP contribution in [0.3, 0.4) is 0 Å². The monoisotopic (exact) mass is 296 g/mol. The highest BCUT2D eigenvalue weighted by Gasteiger charge is 2.15. The van der Waals surface area contributed by atoms with Crippen LogP contribution in [0.25, 0.3) is 0 Å². The average molecular weight is 297 g/mol. The first-order valence-electron chi connectivity index (χ1n) is 4.31. The second-order valence-corrected chi connectivity index (χ2v) is 5.54. The molecule has 0 saturated carbocycles. The zero-order valence-corrected chi connectivity index (χ0v) is 11.1. The summed E-state index contributed by atoms with van der Waals surface area (Å²) in [7, 11) is -1.24. The zero-order valence-electron chi connectivity index (χ0n) is 8.75. The number of urea groups is 1. The number of halogens is 1. The summed E-state index contributed by atoms with van der Waals surface area (Å²) in [5, 5.41) is 9.89. The molecule has 0 spiro atoms. The Morgan fingerprint density at radius 1 is 1.65 bits per heavy atom. The third kappa shape index (κ3) is 4.02. The van der Waals surface area contributed by atoms with Crippen molar-refractivity contribution < 1.29 is 13.8 Å². The van der Waals surface area contributed by atoms with Crippen LogP contribution >= 0.6 is 22.9 Å². The van der Waals surface area contributed by atoms with Crippen LogP contribution < -0.4 is 5.32 Å². The van der Waals surface area contributed by atoms with Crippen molar-refractivity contribution in [2.45, 2.75) is 4.34 Å². The van der Waals surface area contributed by atoms with Gasteiger partial charge in [0.2, 0.25) is 9.47 Å². The van der Waals surface area contributed by atoms with Gasteiger partial charge in [-0.2, -0.15) is 0 Å². The van der Waals surface area contributed by atoms with E-state index in [2.05, 4.69) is 15.5 Å². The minimum absolute atomic E-state index is 0.110. The molecular formula is C7H9ClN4O3S2. The lowest BCUT2D eigenvalue weighted by Gasteiger charge is -2.15. The van der Waals surface area contributed by atoms with Gasteiger partial charge in [-0.3, -0.25) is 9.53 Å². The average Bonchev–Trinajstić information content (AvgIpc) is 2.74. The fraction of sp³-hybridized carbons (Fsp3) is 0.429. The van der Waals surface area contributed by atoms with E-state index in [1.165, 1.54) is 6.26 Å². The number of aromatic nitrogens is 2. The summed E-state index contributed by atoms with van der Waals surface area (Å²) in [6.45, 7) is -0.110. The van der Waals surface area contributed by atoms with Crippen molar-refractivity contribution in [3.63, 3.8) is 0 Å². The number of nitrogens with one attached hydrogen (secondary N) is 1. The molecule has 0 aromatic carbocycles. The Kier molecular flexibility index (Phi) is 5.45. The number of hydrogen-bond acceptors (Lipinski definition) is 6. The van der Waals surface area contributed by atoms with Crippen molar-refractivity contribution in [3.05, 3.63) is 0 Å². The lowest BCUT2D eigenvalue weighted by Crippen LogP contribution is -2.35. The van der Waals surface area contributed by atoms with Crippen LogP contribution in [-0.2, 0) is 15.6 Å². The number of nitrogens with zero attached hydrogens (tertiary/aromatic N) is 3. The van der Waals surface area contributed by atoms with E-state index in [0.717, 1.165) is 16.2 Å². The molecule has 0 radical (unpaired) electrons. The standard InChI is InChI=1S/C7H9ClN4O3S2/c1-17(15)7-11-10-5(16-7)9-6(14)12(4-8)2-3-13/h3H,2,4H2,1H3,(H,9,10,14). The minimum atomic E-state index is -1.24. The molecule has 1 unspecified atom stereocenters. The summed E-state index contributed by atoms with van der Waals surface area (Å²) in [6, 6.07) is -0.674. The van der Waals surface area contributed by atoms with Crippen LogP contribution in [0.4, 0.5) is 9.93 Å². The molecule has 1 heterocycles. The predicted molar refractivity (Wildman–Crippen MR) is 64.8 cm³/mol. The van der Waals surface area contributed by atoms with Gasteiger partial charge >= 0.3 is 6.03 Å². The summed E-state index contributed by atoms with van der Waals surface area (Å²) in [6.07, 6.45) is 2.03. The molecule has 0 fully saturated rings. The van der Waals surface area contributed by atoms with Crippen LogP contribution in [0.1, 0.15) is 0 Å². The molecule has 0 aliphatic rings. The molecule has 17 heavy (non-hydrogen) atoms. The molecule has 1 rings (SSSR count). The first kappa shape index (κ1) is 14.0. The number of carbonyl (C=O) groups excluding carboxylic acids is 2. The van der Waals surface area contributed by atoms with Crippen molar-refractivity contribution in [1.82, 2.24) is 15.1 Å². The second-order valence-electron chi connectivity index (χ2n) is 2.77. The molecule has 0 aliphatic heterocycles. The van der Waals surface area contributed by atoms with E-state index < -0.39 is 16.8 Å². The number of rotatable bonds is 5. The molecule has 10 heteroatoms. The fourth-order valence-corrected chi connectivity index (χ4v) is 2.36. The van der Waals surface area contributed by atoms with Gasteiger partial charge < -0.3 is 9.69 Å². The largest absolute Gasteiger partial charge is 0.325 e. The lowest BCUT2D eigenvalue weighted by atomic mass is 10.6. The van der Waals surface area contributed by atoms with Crippen molar-refractivity contribution in [2.24, 2.45) is 0 Å². The van der Waals surface area contributed by atoms with E-state index in [4.69, 9.17) is 11.6 Å². The number of alkyl halides is 1. The Bertz CT molecular complexity index is 439. The Morgan fingerprint density at radius 2 is 2.35 bits per heavy atom. The van der Waals surface area contributed by atoms with Gasteiger partial charge in [0, 0.05) is 6.26 Å². The van der Waals surface area contributed by atoms with Gasteiger partial charge in [-0.15, -0.1) is 21.8 Å². The van der Waals surface area contributed by atoms with Gasteiger partial charge in [-0.25, -0.2) is 4.79 Å². The summed E-state index contributed by atoms with van der Waals surface area (Å²) in [5.74, 6) is 0. The highest BCUT2D eigenvalue weighted by atomic mass is 35.5. The maximum atomic E-state index is 11.5. The molecule has 1 atom stereocenters. The smallest absolute Gasteiger partial charge is 0.304 e.